The third-order valence-electron chi connectivity index (χ3n) is 7.30. The van der Waals surface area contributed by atoms with Crippen molar-refractivity contribution in [2.24, 2.45) is 0 Å². The number of carbonyl (C=O) groups excluding carboxylic acids is 2. The van der Waals surface area contributed by atoms with Crippen LogP contribution in [0.1, 0.15) is 44.6 Å². The highest BCUT2D eigenvalue weighted by molar-refractivity contribution is 7.92. The molecule has 0 aromatic heterocycles. The molecule has 0 aliphatic heterocycles. The molecule has 2 amide bonds. The maximum absolute atomic E-state index is 14.1. The molecule has 7 nitrogen and oxygen atoms in total. The number of hydrogen-bond acceptors (Lipinski definition) is 4. The second-order valence-corrected chi connectivity index (χ2v) is 13.7. The lowest BCUT2D eigenvalue weighted by atomic mass is 9.95. The molecule has 4 rings (SSSR count). The molecule has 1 aliphatic carbocycles. The van der Waals surface area contributed by atoms with Crippen molar-refractivity contribution in [3.8, 4) is 0 Å². The third-order valence-corrected chi connectivity index (χ3v) is 10.3. The summed E-state index contributed by atoms with van der Waals surface area (Å²) in [6, 6.07) is 16.0. The van der Waals surface area contributed by atoms with Gasteiger partial charge in [0.15, 0.2) is 0 Å². The highest BCUT2D eigenvalue weighted by Crippen LogP contribution is 2.34. The molecule has 0 spiro atoms. The minimum absolute atomic E-state index is 0.00905. The lowest BCUT2D eigenvalue weighted by Crippen LogP contribution is -2.53. The van der Waals surface area contributed by atoms with E-state index in [1.165, 1.54) is 35.2 Å². The SMILES string of the molecule is CC(C(=O)NC1CCCCC1)N(Cc1c(Cl)cccc1Cl)C(=O)CN(c1cc(Cl)ccc1Cl)S(=O)(=O)c1ccccc1. The minimum Gasteiger partial charge on any atom is -0.352 e. The Bertz CT molecular complexity index is 1510. The standard InChI is InChI=1S/C30H31Cl4N3O4S/c1-20(30(39)35-22-9-4-2-5-10-22)36(18-24-25(32)13-8-14-26(24)33)29(38)19-37(28-17-21(31)15-16-27(28)34)42(40,41)23-11-6-3-7-12-23/h3,6-8,11-17,20,22H,2,4-5,9-10,18-19H2,1H3,(H,35,39). The number of carbonyl (C=O) groups is 2. The van der Waals surface area contributed by atoms with Crippen molar-refractivity contribution >= 4 is 73.9 Å². The van der Waals surface area contributed by atoms with Crippen LogP contribution in [-0.4, -0.2) is 43.8 Å². The van der Waals surface area contributed by atoms with Crippen molar-refractivity contribution < 1.29 is 18.0 Å². The number of benzene rings is 3. The van der Waals surface area contributed by atoms with E-state index < -0.39 is 28.5 Å². The van der Waals surface area contributed by atoms with Gasteiger partial charge in [0.2, 0.25) is 11.8 Å². The Morgan fingerprint density at radius 1 is 0.881 bits per heavy atom. The fourth-order valence-electron chi connectivity index (χ4n) is 4.92. The molecule has 1 saturated carbocycles. The van der Waals surface area contributed by atoms with E-state index in [1.807, 2.05) is 0 Å². The molecule has 3 aromatic carbocycles. The Hall–Kier alpha value is -2.49. The van der Waals surface area contributed by atoms with Crippen LogP contribution in [0.3, 0.4) is 0 Å². The van der Waals surface area contributed by atoms with Gasteiger partial charge in [0.05, 0.1) is 15.6 Å². The van der Waals surface area contributed by atoms with Crippen LogP contribution >= 0.6 is 46.4 Å². The molecule has 0 saturated heterocycles. The van der Waals surface area contributed by atoms with Crippen LogP contribution in [-0.2, 0) is 26.2 Å². The zero-order chi connectivity index (χ0) is 30.4. The lowest BCUT2D eigenvalue weighted by Gasteiger charge is -2.33. The Labute approximate surface area is 266 Å². The van der Waals surface area contributed by atoms with Crippen LogP contribution in [0.15, 0.2) is 71.6 Å². The number of anilines is 1. The summed E-state index contributed by atoms with van der Waals surface area (Å²) in [4.78, 5) is 28.8. The smallest absolute Gasteiger partial charge is 0.264 e. The summed E-state index contributed by atoms with van der Waals surface area (Å²) in [5, 5.41) is 3.99. The maximum Gasteiger partial charge on any atom is 0.264 e. The molecular formula is C30H31Cl4N3O4S. The largest absolute Gasteiger partial charge is 0.352 e. The molecule has 3 aromatic rings. The molecular weight excluding hydrogens is 640 g/mol. The summed E-state index contributed by atoms with van der Waals surface area (Å²) < 4.78 is 28.7. The summed E-state index contributed by atoms with van der Waals surface area (Å²) in [6.07, 6.45) is 4.88. The molecule has 1 fully saturated rings. The van der Waals surface area contributed by atoms with Gasteiger partial charge in [0.25, 0.3) is 10.0 Å². The van der Waals surface area contributed by atoms with Gasteiger partial charge in [-0.05, 0) is 62.2 Å². The molecule has 12 heteroatoms. The number of sulfonamides is 1. The lowest BCUT2D eigenvalue weighted by molar-refractivity contribution is -0.139. The number of nitrogens with one attached hydrogen (secondary N) is 1. The number of nitrogens with zero attached hydrogens (tertiary/aromatic N) is 2. The van der Waals surface area contributed by atoms with Crippen LogP contribution < -0.4 is 9.62 Å². The topological polar surface area (TPSA) is 86.8 Å². The second kappa shape index (κ2) is 14.3. The van der Waals surface area contributed by atoms with Gasteiger partial charge < -0.3 is 10.2 Å². The Balaban J connectivity index is 1.73. The summed E-state index contributed by atoms with van der Waals surface area (Å²) in [6.45, 7) is 0.808. The first kappa shape index (κ1) is 32.4. The van der Waals surface area contributed by atoms with Gasteiger partial charge in [-0.1, -0.05) is 89.9 Å². The minimum atomic E-state index is -4.29. The zero-order valence-corrected chi connectivity index (χ0v) is 26.7. The second-order valence-electron chi connectivity index (χ2n) is 10.2. The van der Waals surface area contributed by atoms with Crippen molar-refractivity contribution in [1.29, 1.82) is 0 Å². The average molecular weight is 671 g/mol. The average Bonchev–Trinajstić information content (AvgIpc) is 2.97. The van der Waals surface area contributed by atoms with Crippen LogP contribution in [0.4, 0.5) is 5.69 Å². The fourth-order valence-corrected chi connectivity index (χ4v) is 7.31. The maximum atomic E-state index is 14.1. The van der Waals surface area contributed by atoms with Gasteiger partial charge in [-0.2, -0.15) is 0 Å². The van der Waals surface area contributed by atoms with Crippen LogP contribution in [0.2, 0.25) is 20.1 Å². The zero-order valence-electron chi connectivity index (χ0n) is 22.9. The summed E-state index contributed by atoms with van der Waals surface area (Å²) in [7, 11) is -4.29. The normalized spacial score (nSPS) is 14.7. The Morgan fingerprint density at radius 3 is 2.17 bits per heavy atom. The van der Waals surface area contributed by atoms with Crippen molar-refractivity contribution in [2.75, 3.05) is 10.8 Å². The van der Waals surface area contributed by atoms with Gasteiger partial charge in [-0.25, -0.2) is 8.42 Å². The monoisotopic (exact) mass is 669 g/mol. The summed E-state index contributed by atoms with van der Waals surface area (Å²) in [5.74, 6) is -1.01. The number of hydrogen-bond donors (Lipinski definition) is 1. The predicted octanol–water partition coefficient (Wildman–Crippen LogP) is 7.36. The van der Waals surface area contributed by atoms with Crippen molar-refractivity contribution in [1.82, 2.24) is 10.2 Å². The molecule has 0 radical (unpaired) electrons. The fraction of sp³-hybridized carbons (Fsp3) is 0.333. The Kier molecular flexibility index (Phi) is 11.1. The molecule has 1 unspecified atom stereocenters. The predicted molar refractivity (Wildman–Crippen MR) is 169 cm³/mol. The van der Waals surface area contributed by atoms with Crippen molar-refractivity contribution in [2.45, 2.75) is 62.6 Å². The van der Waals surface area contributed by atoms with E-state index in [2.05, 4.69) is 5.32 Å². The molecule has 1 atom stereocenters. The van der Waals surface area contributed by atoms with E-state index in [1.54, 1.807) is 43.3 Å². The molecule has 224 valence electrons. The number of amides is 2. The van der Waals surface area contributed by atoms with Gasteiger partial charge in [-0.15, -0.1) is 0 Å². The van der Waals surface area contributed by atoms with Crippen molar-refractivity contribution in [3.05, 3.63) is 92.4 Å². The van der Waals surface area contributed by atoms with E-state index in [9.17, 15) is 18.0 Å². The van der Waals surface area contributed by atoms with Crippen LogP contribution in [0.25, 0.3) is 0 Å². The van der Waals surface area contributed by atoms with Crippen molar-refractivity contribution in [3.63, 3.8) is 0 Å². The highest BCUT2D eigenvalue weighted by atomic mass is 35.5. The summed E-state index contributed by atoms with van der Waals surface area (Å²) in [5.41, 5.74) is 0.459. The van der Waals surface area contributed by atoms with E-state index in [-0.39, 0.29) is 39.1 Å². The van der Waals surface area contributed by atoms with E-state index in [0.717, 1.165) is 36.4 Å². The first-order chi connectivity index (χ1) is 20.0. The van der Waals surface area contributed by atoms with Gasteiger partial charge in [0.1, 0.15) is 12.6 Å². The van der Waals surface area contributed by atoms with E-state index in [4.69, 9.17) is 46.4 Å². The molecule has 0 bridgehead atoms. The van der Waals surface area contributed by atoms with Gasteiger partial charge >= 0.3 is 0 Å². The van der Waals surface area contributed by atoms with E-state index >= 15 is 0 Å². The quantitative estimate of drug-likeness (QED) is 0.244. The first-order valence-corrected chi connectivity index (χ1v) is 16.5. The molecule has 1 aliphatic rings. The Morgan fingerprint density at radius 2 is 1.52 bits per heavy atom. The molecule has 1 N–H and O–H groups in total. The first-order valence-electron chi connectivity index (χ1n) is 13.5. The third kappa shape index (κ3) is 7.71. The van der Waals surface area contributed by atoms with Gasteiger partial charge in [-0.3, -0.25) is 13.9 Å². The number of halogens is 4. The van der Waals surface area contributed by atoms with E-state index in [0.29, 0.717) is 15.6 Å². The highest BCUT2D eigenvalue weighted by Gasteiger charge is 2.34. The molecule has 42 heavy (non-hydrogen) atoms. The number of rotatable bonds is 10. The van der Waals surface area contributed by atoms with Crippen LogP contribution in [0, 0.1) is 0 Å². The molecule has 0 heterocycles. The van der Waals surface area contributed by atoms with Crippen LogP contribution in [0.5, 0.6) is 0 Å². The van der Waals surface area contributed by atoms with Gasteiger partial charge in [0, 0.05) is 33.2 Å². The summed E-state index contributed by atoms with van der Waals surface area (Å²) >= 11 is 25.6.